The second-order valence-corrected chi connectivity index (χ2v) is 22.5. The van der Waals surface area contributed by atoms with Crippen LogP contribution >= 0.6 is 23.5 Å². The van der Waals surface area contributed by atoms with E-state index in [9.17, 15) is 4.79 Å². The molecule has 2 fully saturated rings. The summed E-state index contributed by atoms with van der Waals surface area (Å²) < 4.78 is 11.3. The van der Waals surface area contributed by atoms with E-state index in [0.29, 0.717) is 12.5 Å². The van der Waals surface area contributed by atoms with Gasteiger partial charge in [-0.15, -0.1) is 24.9 Å². The van der Waals surface area contributed by atoms with Crippen LogP contribution in [0.25, 0.3) is 5.70 Å². The largest absolute Gasteiger partial charge is 0.446 e. The molecular formula is C61H104N10O3S2. The van der Waals surface area contributed by atoms with Crippen molar-refractivity contribution in [3.8, 4) is 12.5 Å². The molecule has 2 saturated heterocycles. The summed E-state index contributed by atoms with van der Waals surface area (Å²) in [6.07, 6.45) is 27.8. The first-order valence-electron chi connectivity index (χ1n) is 26.7. The van der Waals surface area contributed by atoms with Crippen molar-refractivity contribution in [2.45, 2.75) is 123 Å². The van der Waals surface area contributed by atoms with Crippen molar-refractivity contribution in [3.05, 3.63) is 116 Å². The quantitative estimate of drug-likeness (QED) is 0.0407. The van der Waals surface area contributed by atoms with Crippen LogP contribution in [0.2, 0.25) is 0 Å². The van der Waals surface area contributed by atoms with E-state index in [0.717, 1.165) is 80.5 Å². The third-order valence-corrected chi connectivity index (χ3v) is 14.7. The summed E-state index contributed by atoms with van der Waals surface area (Å²) in [5.41, 5.74) is 24.9. The minimum atomic E-state index is -0.296. The highest BCUT2D eigenvalue weighted by atomic mass is 32.2. The van der Waals surface area contributed by atoms with Gasteiger partial charge in [0.15, 0.2) is 0 Å². The minimum absolute atomic E-state index is 0.0480. The highest BCUT2D eigenvalue weighted by Gasteiger charge is 2.43. The molecule has 4 heterocycles. The number of carbonyl (C=O) groups excluding carboxylic acids is 1. The first-order chi connectivity index (χ1) is 36.2. The predicted molar refractivity (Wildman–Crippen MR) is 335 cm³/mol. The number of carbonyl (C=O) groups is 1. The number of methoxy groups -OCH3 is 1. The standard InChI is InChI=1S/C37H53N5O2S.C15H30N4O.C4H6.C2H6S.C2H4.CH5N/c1-10-32(40-26(4)23-37(45-9)19-13-14-21-39-41-37)28-17-18-33-30(22-28)31(24-36(6,7)25-44-12-3)35(42(33)11-2)29-16-15-20-38-34(29)27(5)43-8;1-11(2)14(15(16)20)18(6)12(3)19-8-7-13(10-19)9-17(4)5;1-3-4-2;1-3-2;2*1-2/h3,10,15-18,20,22,27,31,35,39,41H,11,13-14,19,21,23-25H2,1-2,4-9H3;11,13-14H,3,7-10H2,1-2,4-6H3,(H2,16,20);3-4H,1-2H2;1-2H3;1-2H2;2H2,1H3/b32-10-,40-26?;;;;;. The number of rotatable bonds is 21. The van der Waals surface area contributed by atoms with Gasteiger partial charge in [0, 0.05) is 87.8 Å². The zero-order chi connectivity index (χ0) is 58.2. The molecule has 6 unspecified atom stereocenters. The van der Waals surface area contributed by atoms with Crippen LogP contribution in [-0.4, -0.2) is 136 Å². The Balaban J connectivity index is 0.00000150. The molecule has 6 N–H and O–H groups in total. The molecule has 3 aliphatic heterocycles. The van der Waals surface area contributed by atoms with Gasteiger partial charge in [0.1, 0.15) is 18.8 Å². The maximum Gasteiger partial charge on any atom is 0.240 e. The summed E-state index contributed by atoms with van der Waals surface area (Å²) in [5, 5.41) is 0. The lowest BCUT2D eigenvalue weighted by Crippen LogP contribution is -2.49. The number of aromatic nitrogens is 1. The van der Waals surface area contributed by atoms with Crippen molar-refractivity contribution in [2.24, 2.45) is 33.7 Å². The molecule has 13 nitrogen and oxygen atoms in total. The Labute approximate surface area is 472 Å². The van der Waals surface area contributed by atoms with Gasteiger partial charge in [0.05, 0.1) is 34.2 Å². The highest BCUT2D eigenvalue weighted by molar-refractivity contribution is 8.00. The van der Waals surface area contributed by atoms with Crippen LogP contribution < -0.4 is 27.2 Å². The van der Waals surface area contributed by atoms with Gasteiger partial charge < -0.3 is 40.5 Å². The molecule has 6 atom stereocenters. The number of nitrogens with zero attached hydrogens (tertiary/aromatic N) is 6. The zero-order valence-electron chi connectivity index (χ0n) is 50.1. The number of aliphatic imine (C=N–C) groups is 1. The molecule has 76 heavy (non-hydrogen) atoms. The molecule has 0 saturated carbocycles. The zero-order valence-corrected chi connectivity index (χ0v) is 51.8. The van der Waals surface area contributed by atoms with Gasteiger partial charge in [0.2, 0.25) is 5.91 Å². The van der Waals surface area contributed by atoms with Crippen molar-refractivity contribution in [3.63, 3.8) is 0 Å². The fourth-order valence-electron chi connectivity index (χ4n) is 10.1. The van der Waals surface area contributed by atoms with Gasteiger partial charge in [-0.3, -0.25) is 20.2 Å². The summed E-state index contributed by atoms with van der Waals surface area (Å²) in [7, 11) is 9.37. The molecule has 0 bridgehead atoms. The number of likely N-dealkylation sites (tertiary alicyclic amines) is 1. The number of hydrogen-bond acceptors (Lipinski definition) is 14. The number of nitrogens with two attached hydrogens (primary N) is 2. The Morgan fingerprint density at radius 3 is 2.28 bits per heavy atom. The Bertz CT molecular complexity index is 2110. The number of nitrogens with one attached hydrogen (secondary N) is 2. The number of hydrogen-bond donors (Lipinski definition) is 4. The number of anilines is 1. The average Bonchev–Trinajstić information content (AvgIpc) is 3.90. The van der Waals surface area contributed by atoms with Crippen LogP contribution in [0.1, 0.15) is 134 Å². The number of hydrazine groups is 1. The lowest BCUT2D eigenvalue weighted by Gasteiger charge is -2.36. The number of likely N-dealkylation sites (N-methyl/N-ethyl adjacent to an activating group) is 2. The van der Waals surface area contributed by atoms with Gasteiger partial charge in [-0.1, -0.05) is 84.2 Å². The van der Waals surface area contributed by atoms with Crippen molar-refractivity contribution in [2.75, 3.05) is 98.3 Å². The molecule has 2 aromatic rings. The maximum absolute atomic E-state index is 11.6. The fraction of sp³-hybridized carbons (Fsp3) is 0.590. The maximum atomic E-state index is 11.6. The Kier molecular flexibility index (Phi) is 35.8. The van der Waals surface area contributed by atoms with Gasteiger partial charge in [0.25, 0.3) is 0 Å². The van der Waals surface area contributed by atoms with E-state index >= 15 is 0 Å². The first-order valence-corrected chi connectivity index (χ1v) is 29.6. The van der Waals surface area contributed by atoms with E-state index in [-0.39, 0.29) is 46.2 Å². The molecule has 5 rings (SSSR count). The fourth-order valence-corrected chi connectivity index (χ4v) is 11.0. The predicted octanol–water partition coefficient (Wildman–Crippen LogP) is 11.5. The summed E-state index contributed by atoms with van der Waals surface area (Å²) in [6, 6.07) is 11.0. The van der Waals surface area contributed by atoms with Gasteiger partial charge in [-0.05, 0) is 141 Å². The normalized spacial score (nSPS) is 19.8. The summed E-state index contributed by atoms with van der Waals surface area (Å²) in [5.74, 6) is 1.65. The van der Waals surface area contributed by atoms with E-state index in [4.69, 9.17) is 31.6 Å². The molecule has 15 heteroatoms. The number of fused-ring (bicyclic) bond motifs is 1. The van der Waals surface area contributed by atoms with Crippen molar-refractivity contribution < 1.29 is 14.3 Å². The monoisotopic (exact) mass is 1090 g/mol. The van der Waals surface area contributed by atoms with Crippen LogP contribution in [0.3, 0.4) is 0 Å². The van der Waals surface area contributed by atoms with Crippen LogP contribution in [0.4, 0.5) is 5.69 Å². The van der Waals surface area contributed by atoms with Crippen molar-refractivity contribution >= 4 is 46.5 Å². The molecule has 0 spiro atoms. The Morgan fingerprint density at radius 2 is 1.75 bits per heavy atom. The van der Waals surface area contributed by atoms with Crippen molar-refractivity contribution in [1.29, 1.82) is 0 Å². The molecule has 1 aromatic carbocycles. The van der Waals surface area contributed by atoms with Gasteiger partial charge in [-0.2, -0.15) is 11.8 Å². The van der Waals surface area contributed by atoms with E-state index < -0.39 is 0 Å². The van der Waals surface area contributed by atoms with Gasteiger partial charge in [-0.25, -0.2) is 5.43 Å². The van der Waals surface area contributed by atoms with Crippen molar-refractivity contribution in [1.82, 2.24) is 30.5 Å². The first kappa shape index (κ1) is 71.5. The minimum Gasteiger partial charge on any atom is -0.446 e. The third kappa shape index (κ3) is 22.4. The molecule has 3 aliphatic rings. The lowest BCUT2D eigenvalue weighted by molar-refractivity contribution is -0.123. The number of benzene rings is 1. The molecular weight excluding hydrogens is 985 g/mol. The Hall–Kier alpha value is -4.53. The van der Waals surface area contributed by atoms with Crippen LogP contribution in [0.15, 0.2) is 98.5 Å². The number of pyridine rings is 1. The third-order valence-electron chi connectivity index (χ3n) is 13.5. The topological polar surface area (TPSA) is 150 Å². The van der Waals surface area contributed by atoms with E-state index in [1.165, 1.54) is 43.1 Å². The summed E-state index contributed by atoms with van der Waals surface area (Å²) in [4.78, 5) is 30.6. The number of ether oxygens (including phenoxy) is 2. The van der Waals surface area contributed by atoms with E-state index in [2.05, 4.69) is 163 Å². The lowest BCUT2D eigenvalue weighted by atomic mass is 9.76. The highest BCUT2D eigenvalue weighted by Crippen LogP contribution is 2.54. The smallest absolute Gasteiger partial charge is 0.240 e. The second-order valence-electron chi connectivity index (χ2n) is 20.5. The molecule has 428 valence electrons. The molecule has 0 aliphatic carbocycles. The average molecular weight is 1090 g/mol. The van der Waals surface area contributed by atoms with Crippen LogP contribution in [-0.2, 0) is 14.3 Å². The summed E-state index contributed by atoms with van der Waals surface area (Å²) >= 11 is 3.63. The van der Waals surface area contributed by atoms with Gasteiger partial charge >= 0.3 is 0 Å². The number of terminal acetylenes is 1. The van der Waals surface area contributed by atoms with E-state index in [1.54, 1.807) is 31.0 Å². The SMILES string of the molecule is C#COCC(C)(C)CC1c2cc(/C(=C/C)N=C(C)CC3(SC)CCCCNN3)ccc2N(CC)C1c1cccnc1C(C)OC.C=C.C=C(N1CCC(CN(C)C)C1)N(C)C(C(N)=O)C(C)C.C=CC=C.CN.CSC. The molecule has 1 aromatic heterocycles. The Morgan fingerprint density at radius 1 is 1.11 bits per heavy atom. The molecule has 1 amide bonds. The van der Waals surface area contributed by atoms with Crippen LogP contribution in [0, 0.1) is 29.8 Å². The number of primary amides is 1. The summed E-state index contributed by atoms with van der Waals surface area (Å²) in [6.45, 7) is 39.4. The van der Waals surface area contributed by atoms with Crippen LogP contribution in [0.5, 0.6) is 0 Å². The number of allylic oxidation sites excluding steroid dienone is 3. The number of amides is 1. The second kappa shape index (κ2) is 38.1. The van der Waals surface area contributed by atoms with E-state index in [1.807, 2.05) is 62.3 Å². The molecule has 0 radical (unpaired) electrons. The number of thioether (sulfide) groups is 2.